The number of thiophene rings is 1. The number of carbonyl (C=O) groups excluding carboxylic acids is 1. The second kappa shape index (κ2) is 6.40. The fourth-order valence-corrected chi connectivity index (χ4v) is 4.48. The minimum Gasteiger partial charge on any atom is -0.308 e. The van der Waals surface area contributed by atoms with E-state index in [0.29, 0.717) is 0 Å². The van der Waals surface area contributed by atoms with E-state index in [-0.39, 0.29) is 11.8 Å². The van der Waals surface area contributed by atoms with Crippen LogP contribution in [0.1, 0.15) is 46.8 Å². The summed E-state index contributed by atoms with van der Waals surface area (Å²) in [7, 11) is 0. The van der Waals surface area contributed by atoms with Crippen molar-refractivity contribution in [2.75, 3.05) is 11.4 Å². The van der Waals surface area contributed by atoms with Gasteiger partial charge < -0.3 is 4.90 Å². The van der Waals surface area contributed by atoms with Crippen molar-refractivity contribution in [1.29, 1.82) is 0 Å². The molecular weight excluding hydrogens is 342 g/mol. The lowest BCUT2D eigenvalue weighted by Gasteiger charge is -2.33. The van der Waals surface area contributed by atoms with Gasteiger partial charge in [-0.15, -0.1) is 0 Å². The van der Waals surface area contributed by atoms with Crippen molar-refractivity contribution in [3.8, 4) is 0 Å². The van der Waals surface area contributed by atoms with E-state index in [0.717, 1.165) is 42.4 Å². The van der Waals surface area contributed by atoms with Gasteiger partial charge in [0.2, 0.25) is 0 Å². The first kappa shape index (κ1) is 15.8. The van der Waals surface area contributed by atoms with Gasteiger partial charge in [0.15, 0.2) is 0 Å². The van der Waals surface area contributed by atoms with E-state index in [1.165, 1.54) is 18.4 Å². The number of hydrogen-bond acceptors (Lipinski definition) is 3. The highest BCUT2D eigenvalue weighted by Gasteiger charge is 2.31. The van der Waals surface area contributed by atoms with Crippen LogP contribution in [0.4, 0.5) is 5.69 Å². The number of fused-ring (bicyclic) bond motifs is 1. The Balaban J connectivity index is 1.46. The fourth-order valence-electron chi connectivity index (χ4n) is 3.85. The Labute approximate surface area is 157 Å². The third-order valence-corrected chi connectivity index (χ3v) is 6.10. The molecule has 3 aromatic rings. The van der Waals surface area contributed by atoms with Gasteiger partial charge >= 0.3 is 0 Å². The molecule has 26 heavy (non-hydrogen) atoms. The highest BCUT2D eigenvalue weighted by atomic mass is 32.1. The third-order valence-electron chi connectivity index (χ3n) is 5.42. The zero-order valence-electron chi connectivity index (χ0n) is 14.5. The second-order valence-corrected chi connectivity index (χ2v) is 8.05. The highest BCUT2D eigenvalue weighted by molar-refractivity contribution is 7.08. The van der Waals surface area contributed by atoms with Crippen molar-refractivity contribution in [2.45, 2.75) is 31.7 Å². The second-order valence-electron chi connectivity index (χ2n) is 7.27. The summed E-state index contributed by atoms with van der Waals surface area (Å²) in [5.41, 5.74) is 4.13. The van der Waals surface area contributed by atoms with E-state index in [1.54, 1.807) is 11.3 Å². The van der Waals surface area contributed by atoms with Crippen LogP contribution < -0.4 is 4.90 Å². The van der Waals surface area contributed by atoms with E-state index >= 15 is 0 Å². The molecule has 1 aliphatic carbocycles. The van der Waals surface area contributed by atoms with Gasteiger partial charge in [0.25, 0.3) is 5.91 Å². The first-order valence-electron chi connectivity index (χ1n) is 9.26. The average Bonchev–Trinajstić information content (AvgIpc) is 3.12. The Hall–Kier alpha value is -2.40. The molecule has 2 aliphatic rings. The molecule has 1 fully saturated rings. The van der Waals surface area contributed by atoms with Gasteiger partial charge in [-0.05, 0) is 54.3 Å². The van der Waals surface area contributed by atoms with Crippen LogP contribution in [-0.4, -0.2) is 22.2 Å². The predicted molar refractivity (Wildman–Crippen MR) is 104 cm³/mol. The summed E-state index contributed by atoms with van der Waals surface area (Å²) in [6.45, 7) is 1.77. The monoisotopic (exact) mass is 363 g/mol. The number of nitrogens with zero attached hydrogens (tertiary/aromatic N) is 3. The molecule has 0 radical (unpaired) electrons. The molecule has 4 nitrogen and oxygen atoms in total. The van der Waals surface area contributed by atoms with Crippen molar-refractivity contribution in [3.05, 3.63) is 70.2 Å². The summed E-state index contributed by atoms with van der Waals surface area (Å²) in [6, 6.07) is 12.3. The maximum absolute atomic E-state index is 12.9. The van der Waals surface area contributed by atoms with E-state index in [2.05, 4.69) is 35.1 Å². The van der Waals surface area contributed by atoms with Gasteiger partial charge in [-0.2, -0.15) is 16.4 Å². The van der Waals surface area contributed by atoms with Crippen molar-refractivity contribution in [2.24, 2.45) is 5.92 Å². The fraction of sp³-hybridized carbons (Fsp3) is 0.333. The average molecular weight is 363 g/mol. The molecule has 1 aromatic carbocycles. The molecule has 3 heterocycles. The lowest BCUT2D eigenvalue weighted by Crippen LogP contribution is -2.36. The van der Waals surface area contributed by atoms with Crippen molar-refractivity contribution in [3.63, 3.8) is 0 Å². The minimum absolute atomic E-state index is 0.0939. The molecule has 5 rings (SSSR count). The maximum atomic E-state index is 12.9. The molecule has 1 amide bonds. The van der Waals surface area contributed by atoms with Gasteiger partial charge in [-0.3, -0.25) is 9.48 Å². The Morgan fingerprint density at radius 3 is 2.85 bits per heavy atom. The minimum atomic E-state index is 0.0939. The Kier molecular flexibility index (Phi) is 3.89. The Morgan fingerprint density at radius 1 is 1.15 bits per heavy atom. The molecule has 1 atom stereocenters. The number of carbonyl (C=O) groups is 1. The number of rotatable bonds is 4. The molecule has 0 bridgehead atoms. The largest absolute Gasteiger partial charge is 0.308 e. The quantitative estimate of drug-likeness (QED) is 0.683. The molecule has 0 N–H and O–H groups in total. The van der Waals surface area contributed by atoms with E-state index in [4.69, 9.17) is 5.10 Å². The van der Waals surface area contributed by atoms with E-state index in [1.807, 2.05) is 27.8 Å². The molecular formula is C21H21N3OS. The molecule has 0 unspecified atom stereocenters. The van der Waals surface area contributed by atoms with Crippen molar-refractivity contribution in [1.82, 2.24) is 9.78 Å². The molecule has 132 valence electrons. The maximum Gasteiger partial charge on any atom is 0.259 e. The van der Waals surface area contributed by atoms with Crippen LogP contribution in [0.15, 0.2) is 53.4 Å². The summed E-state index contributed by atoms with van der Waals surface area (Å²) >= 11 is 1.56. The van der Waals surface area contributed by atoms with Crippen LogP contribution in [-0.2, 0) is 6.54 Å². The topological polar surface area (TPSA) is 38.1 Å². The number of aromatic nitrogens is 2. The van der Waals surface area contributed by atoms with Crippen LogP contribution in [0.3, 0.4) is 0 Å². The molecule has 0 saturated heterocycles. The van der Waals surface area contributed by atoms with E-state index in [9.17, 15) is 4.79 Å². The lowest BCUT2D eigenvalue weighted by atomic mass is 9.87. The summed E-state index contributed by atoms with van der Waals surface area (Å²) in [4.78, 5) is 14.8. The van der Waals surface area contributed by atoms with Crippen molar-refractivity contribution >= 4 is 22.9 Å². The third kappa shape index (κ3) is 2.86. The molecule has 2 aromatic heterocycles. The molecule has 1 aliphatic heterocycles. The van der Waals surface area contributed by atoms with Crippen LogP contribution >= 0.6 is 11.3 Å². The number of benzene rings is 1. The smallest absolute Gasteiger partial charge is 0.259 e. The number of anilines is 1. The van der Waals surface area contributed by atoms with Gasteiger partial charge in [-0.1, -0.05) is 18.2 Å². The van der Waals surface area contributed by atoms with Crippen LogP contribution in [0.25, 0.3) is 0 Å². The summed E-state index contributed by atoms with van der Waals surface area (Å²) in [5.74, 6) is 1.18. The van der Waals surface area contributed by atoms with Gasteiger partial charge in [0.1, 0.15) is 0 Å². The molecule has 0 spiro atoms. The summed E-state index contributed by atoms with van der Waals surface area (Å²) < 4.78 is 2.10. The predicted octanol–water partition coefficient (Wildman–Crippen LogP) is 4.54. The zero-order chi connectivity index (χ0) is 17.5. The molecule has 5 heteroatoms. The lowest BCUT2D eigenvalue weighted by molar-refractivity contribution is 0.0985. The summed E-state index contributed by atoms with van der Waals surface area (Å²) in [6.07, 6.45) is 5.69. The number of amides is 1. The molecule has 1 saturated carbocycles. The number of para-hydroxylation sites is 1. The van der Waals surface area contributed by atoms with Crippen molar-refractivity contribution < 1.29 is 4.79 Å². The Morgan fingerprint density at radius 2 is 2.04 bits per heavy atom. The first-order valence-corrected chi connectivity index (χ1v) is 10.2. The number of hydrogen-bond donors (Lipinski definition) is 0. The highest BCUT2D eigenvalue weighted by Crippen LogP contribution is 2.39. The first-order chi connectivity index (χ1) is 12.8. The van der Waals surface area contributed by atoms with Crippen LogP contribution in [0.5, 0.6) is 0 Å². The zero-order valence-corrected chi connectivity index (χ0v) is 15.4. The standard InChI is InChI=1S/C21H21N3OS/c25-21(16-9-12-26-14-16)24-11-7-17(18-3-1-2-4-20(18)24)19-8-10-23(22-19)13-15-5-6-15/h1-4,8-10,12,14-15,17H,5-7,11,13H2/t17-/m0/s1. The van der Waals surface area contributed by atoms with E-state index < -0.39 is 0 Å². The summed E-state index contributed by atoms with van der Waals surface area (Å²) in [5, 5.41) is 8.73. The van der Waals surface area contributed by atoms with Gasteiger partial charge in [-0.25, -0.2) is 0 Å². The normalized spacial score (nSPS) is 19.4. The van der Waals surface area contributed by atoms with Gasteiger partial charge in [0, 0.05) is 36.3 Å². The van der Waals surface area contributed by atoms with Crippen LogP contribution in [0.2, 0.25) is 0 Å². The SMILES string of the molecule is O=C(c1ccsc1)N1CC[C@H](c2ccn(CC3CC3)n2)c2ccccc21. The Bertz CT molecular complexity index is 926. The van der Waals surface area contributed by atoms with Gasteiger partial charge in [0.05, 0.1) is 11.3 Å². The van der Waals surface area contributed by atoms with Crippen LogP contribution in [0, 0.1) is 5.92 Å².